The van der Waals surface area contributed by atoms with Crippen molar-refractivity contribution in [2.45, 2.75) is 30.7 Å². The molecule has 1 aromatic carbocycles. The highest BCUT2D eigenvalue weighted by atomic mass is 79.9. The van der Waals surface area contributed by atoms with Gasteiger partial charge in [0, 0.05) is 15.9 Å². The molecule has 0 bridgehead atoms. The topological polar surface area (TPSA) is 37.4 Å². The van der Waals surface area contributed by atoms with E-state index in [4.69, 9.17) is 0 Å². The van der Waals surface area contributed by atoms with Crippen molar-refractivity contribution in [2.24, 2.45) is 0 Å². The van der Waals surface area contributed by atoms with Crippen LogP contribution >= 0.6 is 27.3 Å². The summed E-state index contributed by atoms with van der Waals surface area (Å²) < 4.78 is 28.4. The summed E-state index contributed by atoms with van der Waals surface area (Å²) in [6.45, 7) is 2.50. The van der Waals surface area contributed by atoms with Gasteiger partial charge in [-0.1, -0.05) is 22.0 Å². The monoisotopic (exact) mass is 385 g/mol. The van der Waals surface area contributed by atoms with Gasteiger partial charge in [-0.05, 0) is 55.0 Å². The van der Waals surface area contributed by atoms with Crippen LogP contribution in [0, 0.1) is 6.92 Å². The van der Waals surface area contributed by atoms with E-state index in [1.807, 2.05) is 24.4 Å². The molecular formula is C15H16BrNO2S2. The largest absolute Gasteiger partial charge is 0.243 e. The normalized spacial score (nSPS) is 20.0. The van der Waals surface area contributed by atoms with Gasteiger partial charge in [0.25, 0.3) is 0 Å². The minimum absolute atomic E-state index is 0.0149. The first-order chi connectivity index (χ1) is 10.00. The molecule has 1 fully saturated rings. The summed E-state index contributed by atoms with van der Waals surface area (Å²) in [5.41, 5.74) is 0.933. The maximum atomic E-state index is 12.9. The van der Waals surface area contributed by atoms with E-state index in [9.17, 15) is 8.42 Å². The molecule has 1 atom stereocenters. The van der Waals surface area contributed by atoms with Gasteiger partial charge < -0.3 is 0 Å². The number of sulfonamides is 1. The zero-order chi connectivity index (χ0) is 15.0. The Labute approximate surface area is 137 Å². The standard InChI is InChI=1S/C15H16BrNO2S2/c1-11-10-12(6-7-13(11)16)21(18,19)17-8-2-4-14(17)15-5-3-9-20-15/h3,5-7,9-10,14H,2,4,8H2,1H3/t14-/m0/s1. The van der Waals surface area contributed by atoms with E-state index in [-0.39, 0.29) is 6.04 Å². The molecule has 2 heterocycles. The Balaban J connectivity index is 1.99. The zero-order valence-electron chi connectivity index (χ0n) is 11.6. The molecule has 3 nitrogen and oxygen atoms in total. The zero-order valence-corrected chi connectivity index (χ0v) is 14.8. The van der Waals surface area contributed by atoms with Crippen molar-refractivity contribution in [3.8, 4) is 0 Å². The Hall–Kier alpha value is -0.690. The molecule has 112 valence electrons. The SMILES string of the molecule is Cc1cc(S(=O)(=O)N2CCC[C@H]2c2cccs2)ccc1Br. The molecule has 6 heteroatoms. The number of hydrogen-bond acceptors (Lipinski definition) is 3. The predicted octanol–water partition coefficient (Wildman–Crippen LogP) is 4.34. The van der Waals surface area contributed by atoms with Gasteiger partial charge in [-0.2, -0.15) is 4.31 Å². The van der Waals surface area contributed by atoms with E-state index in [1.54, 1.807) is 33.8 Å². The highest BCUT2D eigenvalue weighted by Gasteiger charge is 2.36. The first-order valence-corrected chi connectivity index (χ1v) is 9.93. The molecular weight excluding hydrogens is 370 g/mol. The van der Waals surface area contributed by atoms with Crippen LogP contribution in [0.5, 0.6) is 0 Å². The third kappa shape index (κ3) is 2.82. The van der Waals surface area contributed by atoms with Gasteiger partial charge in [0.15, 0.2) is 0 Å². The first kappa shape index (κ1) is 15.2. The second-order valence-corrected chi connectivity index (χ2v) is 8.92. The number of halogens is 1. The molecule has 1 aliphatic heterocycles. The molecule has 1 aliphatic rings. The molecule has 0 saturated carbocycles. The van der Waals surface area contributed by atoms with Crippen LogP contribution in [0.15, 0.2) is 45.1 Å². The van der Waals surface area contributed by atoms with E-state index < -0.39 is 10.0 Å². The molecule has 0 spiro atoms. The predicted molar refractivity (Wildman–Crippen MR) is 89.1 cm³/mol. The van der Waals surface area contributed by atoms with Crippen molar-refractivity contribution in [3.63, 3.8) is 0 Å². The lowest BCUT2D eigenvalue weighted by Gasteiger charge is -2.23. The van der Waals surface area contributed by atoms with E-state index in [1.165, 1.54) is 0 Å². The third-order valence-electron chi connectivity index (χ3n) is 3.81. The Morgan fingerprint density at radius 3 is 2.81 bits per heavy atom. The summed E-state index contributed by atoms with van der Waals surface area (Å²) in [5.74, 6) is 0. The van der Waals surface area contributed by atoms with Crippen LogP contribution in [0.2, 0.25) is 0 Å². The molecule has 0 aliphatic carbocycles. The number of nitrogens with zero attached hydrogens (tertiary/aromatic N) is 1. The fourth-order valence-corrected chi connectivity index (χ4v) is 5.65. The summed E-state index contributed by atoms with van der Waals surface area (Å²) in [6.07, 6.45) is 1.81. The Bertz CT molecular complexity index is 741. The molecule has 1 saturated heterocycles. The van der Waals surface area contributed by atoms with E-state index in [2.05, 4.69) is 15.9 Å². The number of hydrogen-bond donors (Lipinski definition) is 0. The lowest BCUT2D eigenvalue weighted by Crippen LogP contribution is -2.30. The van der Waals surface area contributed by atoms with Crippen molar-refractivity contribution in [3.05, 3.63) is 50.6 Å². The summed E-state index contributed by atoms with van der Waals surface area (Å²) in [7, 11) is -3.43. The van der Waals surface area contributed by atoms with Crippen LogP contribution in [0.3, 0.4) is 0 Å². The minimum atomic E-state index is -3.43. The minimum Gasteiger partial charge on any atom is -0.207 e. The fraction of sp³-hybridized carbons (Fsp3) is 0.333. The summed E-state index contributed by atoms with van der Waals surface area (Å²) in [4.78, 5) is 1.51. The molecule has 21 heavy (non-hydrogen) atoms. The second kappa shape index (κ2) is 5.83. The number of benzene rings is 1. The van der Waals surface area contributed by atoms with Gasteiger partial charge in [-0.25, -0.2) is 8.42 Å². The Morgan fingerprint density at radius 1 is 1.33 bits per heavy atom. The number of rotatable bonds is 3. The van der Waals surface area contributed by atoms with Gasteiger partial charge >= 0.3 is 0 Å². The summed E-state index contributed by atoms with van der Waals surface area (Å²) in [6, 6.07) is 9.21. The molecule has 0 amide bonds. The maximum Gasteiger partial charge on any atom is 0.243 e. The second-order valence-electron chi connectivity index (χ2n) is 5.20. The van der Waals surface area contributed by atoms with Gasteiger partial charge in [-0.3, -0.25) is 0 Å². The highest BCUT2D eigenvalue weighted by Crippen LogP contribution is 2.38. The molecule has 2 aromatic rings. The maximum absolute atomic E-state index is 12.9. The third-order valence-corrected chi connectivity index (χ3v) is 7.58. The Morgan fingerprint density at radius 2 is 2.14 bits per heavy atom. The lowest BCUT2D eigenvalue weighted by atomic mass is 10.2. The Kier molecular flexibility index (Phi) is 4.23. The van der Waals surface area contributed by atoms with Gasteiger partial charge in [0.1, 0.15) is 0 Å². The van der Waals surface area contributed by atoms with Crippen LogP contribution in [0.1, 0.15) is 29.3 Å². The number of thiophene rings is 1. The summed E-state index contributed by atoms with van der Waals surface area (Å²) in [5, 5.41) is 2.00. The first-order valence-electron chi connectivity index (χ1n) is 6.81. The molecule has 0 unspecified atom stereocenters. The van der Waals surface area contributed by atoms with Gasteiger partial charge in [0.05, 0.1) is 10.9 Å². The molecule has 3 rings (SSSR count). The van der Waals surface area contributed by atoms with E-state index in [0.717, 1.165) is 27.8 Å². The average molecular weight is 386 g/mol. The lowest BCUT2D eigenvalue weighted by molar-refractivity contribution is 0.401. The fourth-order valence-electron chi connectivity index (χ4n) is 2.71. The quantitative estimate of drug-likeness (QED) is 0.787. The van der Waals surface area contributed by atoms with Gasteiger partial charge in [0.2, 0.25) is 10.0 Å². The highest BCUT2D eigenvalue weighted by molar-refractivity contribution is 9.10. The van der Waals surface area contributed by atoms with Crippen LogP contribution < -0.4 is 0 Å². The summed E-state index contributed by atoms with van der Waals surface area (Å²) >= 11 is 5.04. The number of aryl methyl sites for hydroxylation is 1. The molecule has 0 N–H and O–H groups in total. The van der Waals surface area contributed by atoms with Crippen LogP contribution in [-0.2, 0) is 10.0 Å². The average Bonchev–Trinajstić information content (AvgIpc) is 3.11. The van der Waals surface area contributed by atoms with Crippen LogP contribution in [0.25, 0.3) is 0 Å². The van der Waals surface area contributed by atoms with Crippen molar-refractivity contribution in [1.82, 2.24) is 4.31 Å². The molecule has 1 aromatic heterocycles. The van der Waals surface area contributed by atoms with Crippen molar-refractivity contribution in [1.29, 1.82) is 0 Å². The van der Waals surface area contributed by atoms with Crippen LogP contribution in [0.4, 0.5) is 0 Å². The van der Waals surface area contributed by atoms with Crippen molar-refractivity contribution < 1.29 is 8.42 Å². The van der Waals surface area contributed by atoms with E-state index >= 15 is 0 Å². The molecule has 0 radical (unpaired) electrons. The van der Waals surface area contributed by atoms with Gasteiger partial charge in [-0.15, -0.1) is 11.3 Å². The smallest absolute Gasteiger partial charge is 0.207 e. The van der Waals surface area contributed by atoms with Crippen molar-refractivity contribution >= 4 is 37.3 Å². The van der Waals surface area contributed by atoms with E-state index in [0.29, 0.717) is 11.4 Å². The van der Waals surface area contributed by atoms with Crippen LogP contribution in [-0.4, -0.2) is 19.3 Å². The van der Waals surface area contributed by atoms with Crippen molar-refractivity contribution in [2.75, 3.05) is 6.54 Å².